The molecule has 0 aliphatic rings. The summed E-state index contributed by atoms with van der Waals surface area (Å²) < 4.78 is 0. The van der Waals surface area contributed by atoms with Gasteiger partial charge in [0.25, 0.3) is 0 Å². The second-order valence-electron chi connectivity index (χ2n) is 3.81. The standard InChI is InChI=1S/C10H24N2O/c1-4-10(13,5-2)9-12(3)8-6-7-11/h13H,4-9,11H2,1-3H3. The zero-order valence-corrected chi connectivity index (χ0v) is 9.21. The molecule has 0 spiro atoms. The van der Waals surface area contributed by atoms with Crippen LogP contribution in [-0.4, -0.2) is 42.3 Å². The molecule has 0 aromatic rings. The summed E-state index contributed by atoms with van der Waals surface area (Å²) in [5.41, 5.74) is 4.91. The van der Waals surface area contributed by atoms with Gasteiger partial charge in [-0.1, -0.05) is 13.8 Å². The molecular weight excluding hydrogens is 164 g/mol. The van der Waals surface area contributed by atoms with E-state index in [4.69, 9.17) is 5.73 Å². The van der Waals surface area contributed by atoms with E-state index < -0.39 is 5.60 Å². The lowest BCUT2D eigenvalue weighted by atomic mass is 9.97. The minimum atomic E-state index is -0.511. The largest absolute Gasteiger partial charge is 0.389 e. The van der Waals surface area contributed by atoms with Crippen molar-refractivity contribution in [2.24, 2.45) is 5.73 Å². The molecule has 0 unspecified atom stereocenters. The molecule has 0 aromatic heterocycles. The first-order chi connectivity index (χ1) is 6.08. The molecule has 0 rings (SSSR count). The van der Waals surface area contributed by atoms with E-state index in [0.29, 0.717) is 0 Å². The number of aliphatic hydroxyl groups is 1. The molecule has 0 heterocycles. The summed E-state index contributed by atoms with van der Waals surface area (Å²) in [6, 6.07) is 0. The number of hydrogen-bond acceptors (Lipinski definition) is 3. The summed E-state index contributed by atoms with van der Waals surface area (Å²) in [4.78, 5) is 2.15. The summed E-state index contributed by atoms with van der Waals surface area (Å²) in [6.07, 6.45) is 2.63. The van der Waals surface area contributed by atoms with Gasteiger partial charge in [0.1, 0.15) is 0 Å². The number of likely N-dealkylation sites (N-methyl/N-ethyl adjacent to an activating group) is 1. The maximum Gasteiger partial charge on any atom is 0.0768 e. The third-order valence-corrected chi connectivity index (χ3v) is 2.62. The molecule has 13 heavy (non-hydrogen) atoms. The molecule has 0 saturated heterocycles. The Morgan fingerprint density at radius 3 is 2.23 bits per heavy atom. The van der Waals surface area contributed by atoms with E-state index in [1.54, 1.807) is 0 Å². The Bertz CT molecular complexity index is 124. The molecular formula is C10H24N2O. The maximum atomic E-state index is 10.0. The highest BCUT2D eigenvalue weighted by Gasteiger charge is 2.23. The van der Waals surface area contributed by atoms with E-state index in [9.17, 15) is 5.11 Å². The zero-order chi connectivity index (χ0) is 10.3. The van der Waals surface area contributed by atoms with Gasteiger partial charge in [0.05, 0.1) is 5.60 Å². The summed E-state index contributed by atoms with van der Waals surface area (Å²) in [6.45, 7) is 6.50. The fourth-order valence-electron chi connectivity index (χ4n) is 1.42. The molecule has 3 heteroatoms. The summed E-state index contributed by atoms with van der Waals surface area (Å²) in [5.74, 6) is 0. The lowest BCUT2D eigenvalue weighted by Crippen LogP contribution is -2.41. The van der Waals surface area contributed by atoms with Gasteiger partial charge in [-0.05, 0) is 39.4 Å². The number of nitrogens with zero attached hydrogens (tertiary/aromatic N) is 1. The average molecular weight is 188 g/mol. The highest BCUT2D eigenvalue weighted by Crippen LogP contribution is 2.15. The highest BCUT2D eigenvalue weighted by molar-refractivity contribution is 4.78. The SMILES string of the molecule is CCC(O)(CC)CN(C)CCCN. The van der Waals surface area contributed by atoms with Crippen LogP contribution < -0.4 is 5.73 Å². The Hall–Kier alpha value is -0.120. The molecule has 0 aliphatic heterocycles. The molecule has 3 N–H and O–H groups in total. The van der Waals surface area contributed by atoms with Crippen molar-refractivity contribution >= 4 is 0 Å². The highest BCUT2D eigenvalue weighted by atomic mass is 16.3. The minimum Gasteiger partial charge on any atom is -0.389 e. The second-order valence-corrected chi connectivity index (χ2v) is 3.81. The predicted molar refractivity (Wildman–Crippen MR) is 56.7 cm³/mol. The van der Waals surface area contributed by atoms with Crippen LogP contribution in [0, 0.1) is 0 Å². The van der Waals surface area contributed by atoms with Gasteiger partial charge in [0.15, 0.2) is 0 Å². The Labute approximate surface area is 81.9 Å². The fraction of sp³-hybridized carbons (Fsp3) is 1.00. The topological polar surface area (TPSA) is 49.5 Å². The summed E-state index contributed by atoms with van der Waals surface area (Å²) in [5, 5.41) is 10.0. The van der Waals surface area contributed by atoms with E-state index >= 15 is 0 Å². The Balaban J connectivity index is 3.79. The van der Waals surface area contributed by atoms with Crippen molar-refractivity contribution in [3.63, 3.8) is 0 Å². The van der Waals surface area contributed by atoms with Crippen LogP contribution in [0.3, 0.4) is 0 Å². The van der Waals surface area contributed by atoms with Crippen molar-refractivity contribution in [1.82, 2.24) is 4.90 Å². The average Bonchev–Trinajstić information content (AvgIpc) is 2.14. The van der Waals surface area contributed by atoms with Crippen LogP contribution in [0.1, 0.15) is 33.1 Å². The first-order valence-electron chi connectivity index (χ1n) is 5.19. The molecule has 0 saturated carbocycles. The quantitative estimate of drug-likeness (QED) is 0.622. The third-order valence-electron chi connectivity index (χ3n) is 2.62. The van der Waals surface area contributed by atoms with Gasteiger partial charge >= 0.3 is 0 Å². The van der Waals surface area contributed by atoms with Gasteiger partial charge in [-0.15, -0.1) is 0 Å². The van der Waals surface area contributed by atoms with Gasteiger partial charge in [0.2, 0.25) is 0 Å². The third kappa shape index (κ3) is 5.24. The van der Waals surface area contributed by atoms with E-state index in [-0.39, 0.29) is 0 Å². The van der Waals surface area contributed by atoms with Crippen LogP contribution in [0.4, 0.5) is 0 Å². The van der Waals surface area contributed by atoms with Crippen molar-refractivity contribution < 1.29 is 5.11 Å². The molecule has 0 amide bonds. The molecule has 0 aliphatic carbocycles. The van der Waals surface area contributed by atoms with E-state index in [2.05, 4.69) is 4.90 Å². The number of rotatable bonds is 7. The van der Waals surface area contributed by atoms with Gasteiger partial charge in [-0.3, -0.25) is 0 Å². The van der Waals surface area contributed by atoms with Gasteiger partial charge < -0.3 is 15.7 Å². The van der Waals surface area contributed by atoms with Crippen LogP contribution in [0.5, 0.6) is 0 Å². The molecule has 0 radical (unpaired) electrons. The Kier molecular flexibility index (Phi) is 6.29. The lowest BCUT2D eigenvalue weighted by molar-refractivity contribution is 0.00303. The molecule has 0 atom stereocenters. The predicted octanol–water partition coefficient (Wildman–Crippen LogP) is 0.818. The Morgan fingerprint density at radius 2 is 1.85 bits per heavy atom. The minimum absolute atomic E-state index is 0.511. The smallest absolute Gasteiger partial charge is 0.0768 e. The van der Waals surface area contributed by atoms with Crippen molar-refractivity contribution in [3.8, 4) is 0 Å². The van der Waals surface area contributed by atoms with Crippen LogP contribution in [0.15, 0.2) is 0 Å². The van der Waals surface area contributed by atoms with Crippen molar-refractivity contribution in [2.75, 3.05) is 26.7 Å². The normalized spacial score (nSPS) is 12.5. The Morgan fingerprint density at radius 1 is 1.31 bits per heavy atom. The van der Waals surface area contributed by atoms with Crippen molar-refractivity contribution in [3.05, 3.63) is 0 Å². The number of hydrogen-bond donors (Lipinski definition) is 2. The van der Waals surface area contributed by atoms with Gasteiger partial charge in [-0.2, -0.15) is 0 Å². The van der Waals surface area contributed by atoms with E-state index in [0.717, 1.165) is 38.9 Å². The van der Waals surface area contributed by atoms with Crippen molar-refractivity contribution in [2.45, 2.75) is 38.7 Å². The summed E-state index contributed by atoms with van der Waals surface area (Å²) in [7, 11) is 2.03. The van der Waals surface area contributed by atoms with Crippen LogP contribution in [0.2, 0.25) is 0 Å². The van der Waals surface area contributed by atoms with Crippen LogP contribution in [-0.2, 0) is 0 Å². The van der Waals surface area contributed by atoms with Crippen molar-refractivity contribution in [1.29, 1.82) is 0 Å². The lowest BCUT2D eigenvalue weighted by Gasteiger charge is -2.30. The van der Waals surface area contributed by atoms with E-state index in [1.807, 2.05) is 20.9 Å². The number of nitrogens with two attached hydrogens (primary N) is 1. The van der Waals surface area contributed by atoms with Gasteiger partial charge in [0, 0.05) is 6.54 Å². The molecule has 80 valence electrons. The zero-order valence-electron chi connectivity index (χ0n) is 9.21. The first kappa shape index (κ1) is 12.9. The second kappa shape index (κ2) is 6.35. The van der Waals surface area contributed by atoms with Crippen LogP contribution >= 0.6 is 0 Å². The molecule has 0 bridgehead atoms. The fourth-order valence-corrected chi connectivity index (χ4v) is 1.42. The molecule has 3 nitrogen and oxygen atoms in total. The summed E-state index contributed by atoms with van der Waals surface area (Å²) >= 11 is 0. The van der Waals surface area contributed by atoms with Crippen LogP contribution in [0.25, 0.3) is 0 Å². The first-order valence-corrected chi connectivity index (χ1v) is 5.19. The monoisotopic (exact) mass is 188 g/mol. The maximum absolute atomic E-state index is 10.0. The van der Waals surface area contributed by atoms with E-state index in [1.165, 1.54) is 0 Å². The molecule has 0 fully saturated rings. The van der Waals surface area contributed by atoms with Gasteiger partial charge in [-0.25, -0.2) is 0 Å². The molecule has 0 aromatic carbocycles.